The maximum absolute atomic E-state index is 13.2. The van der Waals surface area contributed by atoms with Gasteiger partial charge in [-0.15, -0.1) is 0 Å². The molecule has 1 aromatic heterocycles. The zero-order valence-corrected chi connectivity index (χ0v) is 15.8. The molecule has 0 aliphatic heterocycles. The van der Waals surface area contributed by atoms with Crippen LogP contribution in [0, 0.1) is 5.82 Å². The first-order valence-electron chi connectivity index (χ1n) is 8.50. The molecule has 8 heteroatoms. The summed E-state index contributed by atoms with van der Waals surface area (Å²) in [5.74, 6) is -0.829. The molecule has 2 aromatic carbocycles. The van der Waals surface area contributed by atoms with Crippen LogP contribution in [0.2, 0.25) is 5.02 Å². The summed E-state index contributed by atoms with van der Waals surface area (Å²) in [6.07, 6.45) is 3.41. The fourth-order valence-corrected chi connectivity index (χ4v) is 2.84. The number of nitrogens with zero attached hydrogens (tertiary/aromatic N) is 2. The minimum atomic E-state index is -0.533. The minimum absolute atomic E-state index is 0.145. The Bertz CT molecular complexity index is 988. The van der Waals surface area contributed by atoms with Gasteiger partial charge in [-0.05, 0) is 35.9 Å². The van der Waals surface area contributed by atoms with Crippen molar-refractivity contribution in [2.75, 3.05) is 6.54 Å². The van der Waals surface area contributed by atoms with Gasteiger partial charge in [0, 0.05) is 30.0 Å². The summed E-state index contributed by atoms with van der Waals surface area (Å²) >= 11 is 5.95. The molecular weight excluding hydrogens is 383 g/mol. The second kappa shape index (κ2) is 8.67. The first-order valence-corrected chi connectivity index (χ1v) is 8.87. The molecule has 0 saturated heterocycles. The highest BCUT2D eigenvalue weighted by Gasteiger charge is 2.21. The normalized spacial score (nSPS) is 11.7. The second-order valence-electron chi connectivity index (χ2n) is 6.14. The number of hydrogen-bond acceptors (Lipinski definition) is 3. The zero-order chi connectivity index (χ0) is 20.1. The molecule has 1 atom stereocenters. The summed E-state index contributed by atoms with van der Waals surface area (Å²) in [5, 5.41) is 5.93. The summed E-state index contributed by atoms with van der Waals surface area (Å²) in [5.41, 5.74) is 0.939. The first-order chi connectivity index (χ1) is 13.4. The highest BCUT2D eigenvalue weighted by Crippen LogP contribution is 2.22. The molecule has 0 saturated carbocycles. The van der Waals surface area contributed by atoms with E-state index in [0.29, 0.717) is 10.8 Å². The summed E-state index contributed by atoms with van der Waals surface area (Å²) in [7, 11) is 1.82. The topological polar surface area (TPSA) is 76.0 Å². The molecule has 0 fully saturated rings. The molecule has 1 unspecified atom stereocenters. The third kappa shape index (κ3) is 4.75. The molecule has 2 amide bonds. The highest BCUT2D eigenvalue weighted by atomic mass is 35.5. The fourth-order valence-electron chi connectivity index (χ4n) is 2.71. The summed E-state index contributed by atoms with van der Waals surface area (Å²) in [6.45, 7) is -0.260. The van der Waals surface area contributed by atoms with E-state index in [-0.39, 0.29) is 12.1 Å². The molecule has 3 aromatic rings. The quantitative estimate of drug-likeness (QED) is 0.668. The molecule has 0 spiro atoms. The van der Waals surface area contributed by atoms with E-state index >= 15 is 0 Å². The number of amides is 2. The molecule has 28 heavy (non-hydrogen) atoms. The standard InChI is InChI=1S/C20H18ClFN4O2/c1-26-10-9-23-19(26)18(13-5-7-15(21)8-6-13)25-17(27)12-24-20(28)14-3-2-4-16(22)11-14/h2-11,18H,12H2,1H3,(H,24,28)(H,25,27). The summed E-state index contributed by atoms with van der Waals surface area (Å²) in [4.78, 5) is 28.8. The van der Waals surface area contributed by atoms with Crippen LogP contribution in [0.15, 0.2) is 60.9 Å². The fraction of sp³-hybridized carbons (Fsp3) is 0.150. The number of benzene rings is 2. The monoisotopic (exact) mass is 400 g/mol. The van der Waals surface area contributed by atoms with E-state index in [2.05, 4.69) is 15.6 Å². The van der Waals surface area contributed by atoms with E-state index in [9.17, 15) is 14.0 Å². The van der Waals surface area contributed by atoms with Crippen molar-refractivity contribution in [2.45, 2.75) is 6.04 Å². The van der Waals surface area contributed by atoms with Crippen LogP contribution in [-0.2, 0) is 11.8 Å². The summed E-state index contributed by atoms with van der Waals surface area (Å²) < 4.78 is 15.0. The van der Waals surface area contributed by atoms with Crippen LogP contribution in [-0.4, -0.2) is 27.9 Å². The minimum Gasteiger partial charge on any atom is -0.343 e. The molecule has 144 valence electrons. The molecule has 0 aliphatic carbocycles. The van der Waals surface area contributed by atoms with E-state index in [1.165, 1.54) is 18.2 Å². The highest BCUT2D eigenvalue weighted by molar-refractivity contribution is 6.30. The lowest BCUT2D eigenvalue weighted by Crippen LogP contribution is -2.39. The number of carbonyl (C=O) groups is 2. The Morgan fingerprint density at radius 1 is 1.21 bits per heavy atom. The molecule has 1 heterocycles. The van der Waals surface area contributed by atoms with E-state index in [1.54, 1.807) is 41.2 Å². The lowest BCUT2D eigenvalue weighted by atomic mass is 10.1. The molecule has 0 radical (unpaired) electrons. The largest absolute Gasteiger partial charge is 0.343 e. The Hall–Kier alpha value is -3.19. The molecule has 2 N–H and O–H groups in total. The van der Waals surface area contributed by atoms with Crippen molar-refractivity contribution in [1.29, 1.82) is 0 Å². The van der Waals surface area contributed by atoms with Crippen LogP contribution in [0.4, 0.5) is 4.39 Å². The Labute approximate surface area is 166 Å². The van der Waals surface area contributed by atoms with Crippen LogP contribution >= 0.6 is 11.6 Å². The number of halogens is 2. The van der Waals surface area contributed by atoms with Gasteiger partial charge >= 0.3 is 0 Å². The number of aryl methyl sites for hydroxylation is 1. The van der Waals surface area contributed by atoms with Gasteiger partial charge in [-0.25, -0.2) is 9.37 Å². The Kier molecular flexibility index (Phi) is 6.06. The van der Waals surface area contributed by atoms with Crippen molar-refractivity contribution < 1.29 is 14.0 Å². The number of nitrogens with one attached hydrogen (secondary N) is 2. The van der Waals surface area contributed by atoms with Crippen LogP contribution in [0.3, 0.4) is 0 Å². The van der Waals surface area contributed by atoms with Gasteiger partial charge in [0.15, 0.2) is 0 Å². The van der Waals surface area contributed by atoms with Crippen molar-refractivity contribution in [3.05, 3.63) is 88.7 Å². The lowest BCUT2D eigenvalue weighted by Gasteiger charge is -2.19. The Morgan fingerprint density at radius 2 is 1.96 bits per heavy atom. The maximum Gasteiger partial charge on any atom is 0.251 e. The molecular formula is C20H18ClFN4O2. The molecule has 6 nitrogen and oxygen atoms in total. The van der Waals surface area contributed by atoms with E-state index < -0.39 is 23.7 Å². The molecule has 0 aliphatic rings. The van der Waals surface area contributed by atoms with Crippen LogP contribution in [0.1, 0.15) is 27.8 Å². The lowest BCUT2D eigenvalue weighted by molar-refractivity contribution is -0.120. The van der Waals surface area contributed by atoms with Crippen LogP contribution in [0.25, 0.3) is 0 Å². The van der Waals surface area contributed by atoms with E-state index in [4.69, 9.17) is 11.6 Å². The Morgan fingerprint density at radius 3 is 2.61 bits per heavy atom. The predicted octanol–water partition coefficient (Wildman–Crippen LogP) is 2.85. The SMILES string of the molecule is Cn1ccnc1C(NC(=O)CNC(=O)c1cccc(F)c1)c1ccc(Cl)cc1. The molecule has 0 bridgehead atoms. The first kappa shape index (κ1) is 19.6. The van der Waals surface area contributed by atoms with Gasteiger partial charge in [-0.1, -0.05) is 29.8 Å². The average Bonchev–Trinajstić information content (AvgIpc) is 3.10. The summed E-state index contributed by atoms with van der Waals surface area (Å²) in [6, 6.07) is 11.8. The molecule has 3 rings (SSSR count). The number of carbonyl (C=O) groups excluding carboxylic acids is 2. The average molecular weight is 401 g/mol. The number of aromatic nitrogens is 2. The van der Waals surface area contributed by atoms with Gasteiger partial charge in [-0.2, -0.15) is 0 Å². The maximum atomic E-state index is 13.2. The Balaban J connectivity index is 1.70. The van der Waals surface area contributed by atoms with Crippen LogP contribution in [0.5, 0.6) is 0 Å². The number of imidazole rings is 1. The van der Waals surface area contributed by atoms with Crippen molar-refractivity contribution in [2.24, 2.45) is 7.05 Å². The number of rotatable bonds is 6. The van der Waals surface area contributed by atoms with Crippen molar-refractivity contribution in [1.82, 2.24) is 20.2 Å². The van der Waals surface area contributed by atoms with Crippen molar-refractivity contribution in [3.8, 4) is 0 Å². The van der Waals surface area contributed by atoms with Crippen LogP contribution < -0.4 is 10.6 Å². The van der Waals surface area contributed by atoms with Gasteiger partial charge < -0.3 is 15.2 Å². The van der Waals surface area contributed by atoms with Crippen molar-refractivity contribution in [3.63, 3.8) is 0 Å². The second-order valence-corrected chi connectivity index (χ2v) is 6.58. The van der Waals surface area contributed by atoms with Gasteiger partial charge in [0.05, 0.1) is 6.54 Å². The smallest absolute Gasteiger partial charge is 0.251 e. The third-order valence-corrected chi connectivity index (χ3v) is 4.37. The zero-order valence-electron chi connectivity index (χ0n) is 15.0. The van der Waals surface area contributed by atoms with Gasteiger partial charge in [0.1, 0.15) is 17.7 Å². The van der Waals surface area contributed by atoms with Gasteiger partial charge in [0.25, 0.3) is 5.91 Å². The van der Waals surface area contributed by atoms with E-state index in [0.717, 1.165) is 11.6 Å². The van der Waals surface area contributed by atoms with E-state index in [1.807, 2.05) is 7.05 Å². The third-order valence-electron chi connectivity index (χ3n) is 4.12. The van der Waals surface area contributed by atoms with Gasteiger partial charge in [-0.3, -0.25) is 9.59 Å². The van der Waals surface area contributed by atoms with Gasteiger partial charge in [0.2, 0.25) is 5.91 Å². The predicted molar refractivity (Wildman–Crippen MR) is 103 cm³/mol. The van der Waals surface area contributed by atoms with Crippen molar-refractivity contribution >= 4 is 23.4 Å². The number of hydrogen-bond donors (Lipinski definition) is 2.